The van der Waals surface area contributed by atoms with Crippen LogP contribution >= 0.6 is 0 Å². The van der Waals surface area contributed by atoms with Crippen LogP contribution in [0, 0.1) is 5.92 Å². The summed E-state index contributed by atoms with van der Waals surface area (Å²) in [6, 6.07) is 13.4. The van der Waals surface area contributed by atoms with E-state index in [-0.39, 0.29) is 0 Å². The van der Waals surface area contributed by atoms with Crippen molar-refractivity contribution in [3.05, 3.63) is 47.5 Å². The number of hydrogen-bond acceptors (Lipinski definition) is 1. The quantitative estimate of drug-likeness (QED) is 0.817. The molecule has 0 fully saturated rings. The van der Waals surface area contributed by atoms with Gasteiger partial charge in [0.25, 0.3) is 0 Å². The van der Waals surface area contributed by atoms with Crippen LogP contribution in [0.1, 0.15) is 37.8 Å². The summed E-state index contributed by atoms with van der Waals surface area (Å²) in [7, 11) is 0. The molecule has 0 amide bonds. The minimum absolute atomic E-state index is 0.722. The number of fused-ring (bicyclic) bond motifs is 1. The Kier molecular flexibility index (Phi) is 4.98. The van der Waals surface area contributed by atoms with Gasteiger partial charge in [-0.2, -0.15) is 0 Å². The fourth-order valence-corrected chi connectivity index (χ4v) is 2.64. The van der Waals surface area contributed by atoms with Crippen molar-refractivity contribution < 1.29 is 0 Å². The van der Waals surface area contributed by atoms with Gasteiger partial charge in [-0.1, -0.05) is 56.7 Å². The molecule has 19 heavy (non-hydrogen) atoms. The molecule has 0 aliphatic rings. The van der Waals surface area contributed by atoms with Crippen LogP contribution in [-0.4, -0.2) is 6.54 Å². The highest BCUT2D eigenvalue weighted by molar-refractivity contribution is 5.86. The van der Waals surface area contributed by atoms with E-state index in [0.29, 0.717) is 0 Å². The maximum absolute atomic E-state index is 5.63. The summed E-state index contributed by atoms with van der Waals surface area (Å²) in [5, 5.41) is 2.76. The second-order valence-corrected chi connectivity index (χ2v) is 5.80. The van der Waals surface area contributed by atoms with Gasteiger partial charge < -0.3 is 5.73 Å². The molecule has 1 nitrogen and oxygen atoms in total. The van der Waals surface area contributed by atoms with Crippen molar-refractivity contribution >= 4 is 10.8 Å². The highest BCUT2D eigenvalue weighted by Gasteiger charge is 2.03. The molecular formula is C18H25N. The molecule has 0 atom stereocenters. The Labute approximate surface area is 116 Å². The second kappa shape index (κ2) is 6.72. The van der Waals surface area contributed by atoms with Crippen molar-refractivity contribution in [2.45, 2.75) is 39.5 Å². The molecule has 0 aromatic heterocycles. The van der Waals surface area contributed by atoms with E-state index in [4.69, 9.17) is 5.73 Å². The van der Waals surface area contributed by atoms with Crippen LogP contribution in [-0.2, 0) is 12.8 Å². The van der Waals surface area contributed by atoms with Crippen LogP contribution in [0.3, 0.4) is 0 Å². The maximum Gasteiger partial charge on any atom is -0.00367 e. The Morgan fingerprint density at radius 2 is 1.89 bits per heavy atom. The molecule has 0 bridgehead atoms. The summed E-state index contributed by atoms with van der Waals surface area (Å²) in [5.74, 6) is 0.797. The van der Waals surface area contributed by atoms with Gasteiger partial charge in [0, 0.05) is 0 Å². The summed E-state index contributed by atoms with van der Waals surface area (Å²) in [5.41, 5.74) is 8.45. The van der Waals surface area contributed by atoms with Gasteiger partial charge in [0.15, 0.2) is 0 Å². The molecule has 1 heteroatoms. The first-order valence-corrected chi connectivity index (χ1v) is 7.41. The molecule has 2 aromatic carbocycles. The molecule has 2 aromatic rings. The van der Waals surface area contributed by atoms with Gasteiger partial charge in [-0.15, -0.1) is 0 Å². The summed E-state index contributed by atoms with van der Waals surface area (Å²) < 4.78 is 0. The van der Waals surface area contributed by atoms with Crippen LogP contribution in [0.2, 0.25) is 0 Å². The molecule has 0 aliphatic carbocycles. The Balaban J connectivity index is 2.20. The Bertz CT molecular complexity index is 528. The SMILES string of the molecule is CC(C)CCCc1cccc2cc(CCN)ccc12. The third-order valence-electron chi connectivity index (χ3n) is 3.70. The average Bonchev–Trinajstić information content (AvgIpc) is 2.38. The molecule has 0 spiro atoms. The lowest BCUT2D eigenvalue weighted by molar-refractivity contribution is 0.556. The highest BCUT2D eigenvalue weighted by atomic mass is 14.5. The normalized spacial score (nSPS) is 11.4. The van der Waals surface area contributed by atoms with Crippen molar-refractivity contribution in [3.63, 3.8) is 0 Å². The zero-order valence-electron chi connectivity index (χ0n) is 12.2. The van der Waals surface area contributed by atoms with Gasteiger partial charge in [0.2, 0.25) is 0 Å². The van der Waals surface area contributed by atoms with E-state index < -0.39 is 0 Å². The molecular weight excluding hydrogens is 230 g/mol. The van der Waals surface area contributed by atoms with Crippen LogP contribution in [0.25, 0.3) is 10.8 Å². The number of hydrogen-bond donors (Lipinski definition) is 1. The summed E-state index contributed by atoms with van der Waals surface area (Å²) in [6.45, 7) is 5.31. The van der Waals surface area contributed by atoms with Gasteiger partial charge >= 0.3 is 0 Å². The number of rotatable bonds is 6. The third-order valence-corrected chi connectivity index (χ3v) is 3.70. The van der Waals surface area contributed by atoms with E-state index in [1.165, 1.54) is 41.2 Å². The van der Waals surface area contributed by atoms with E-state index in [0.717, 1.165) is 18.9 Å². The first-order valence-electron chi connectivity index (χ1n) is 7.41. The third kappa shape index (κ3) is 3.81. The molecule has 0 radical (unpaired) electrons. The number of nitrogens with two attached hydrogens (primary N) is 1. The zero-order chi connectivity index (χ0) is 13.7. The van der Waals surface area contributed by atoms with Gasteiger partial charge in [-0.25, -0.2) is 0 Å². The lowest BCUT2D eigenvalue weighted by Gasteiger charge is -2.09. The fourth-order valence-electron chi connectivity index (χ4n) is 2.64. The number of benzene rings is 2. The van der Waals surface area contributed by atoms with E-state index in [2.05, 4.69) is 50.2 Å². The summed E-state index contributed by atoms with van der Waals surface area (Å²) in [6.07, 6.45) is 4.74. The lowest BCUT2D eigenvalue weighted by atomic mass is 9.96. The minimum atomic E-state index is 0.722. The van der Waals surface area contributed by atoms with Crippen molar-refractivity contribution in [3.8, 4) is 0 Å². The van der Waals surface area contributed by atoms with Crippen molar-refractivity contribution in [1.82, 2.24) is 0 Å². The molecule has 2 N–H and O–H groups in total. The summed E-state index contributed by atoms with van der Waals surface area (Å²) >= 11 is 0. The first-order chi connectivity index (χ1) is 9.20. The van der Waals surface area contributed by atoms with Crippen molar-refractivity contribution in [2.75, 3.05) is 6.54 Å². The van der Waals surface area contributed by atoms with Crippen LogP contribution in [0.4, 0.5) is 0 Å². The van der Waals surface area contributed by atoms with Gasteiger partial charge in [-0.05, 0) is 53.6 Å². The Morgan fingerprint density at radius 3 is 2.63 bits per heavy atom. The molecule has 0 saturated heterocycles. The zero-order valence-corrected chi connectivity index (χ0v) is 12.2. The smallest absolute Gasteiger partial charge is 0.00367 e. The standard InChI is InChI=1S/C18H25N/c1-14(2)5-3-6-16-7-4-8-17-13-15(11-12-19)9-10-18(16)17/h4,7-10,13-14H,3,5-6,11-12,19H2,1-2H3. The lowest BCUT2D eigenvalue weighted by Crippen LogP contribution is -2.02. The van der Waals surface area contributed by atoms with E-state index in [9.17, 15) is 0 Å². The minimum Gasteiger partial charge on any atom is -0.330 e. The second-order valence-electron chi connectivity index (χ2n) is 5.80. The van der Waals surface area contributed by atoms with Gasteiger partial charge in [0.05, 0.1) is 0 Å². The van der Waals surface area contributed by atoms with E-state index in [1.54, 1.807) is 0 Å². The molecule has 102 valence electrons. The maximum atomic E-state index is 5.63. The predicted octanol–water partition coefficient (Wildman–Crippen LogP) is 4.32. The average molecular weight is 255 g/mol. The Morgan fingerprint density at radius 1 is 1.05 bits per heavy atom. The Hall–Kier alpha value is -1.34. The largest absolute Gasteiger partial charge is 0.330 e. The monoisotopic (exact) mass is 255 g/mol. The predicted molar refractivity (Wildman–Crippen MR) is 84.5 cm³/mol. The van der Waals surface area contributed by atoms with Gasteiger partial charge in [-0.3, -0.25) is 0 Å². The first kappa shape index (κ1) is 14.1. The molecule has 0 aliphatic heterocycles. The van der Waals surface area contributed by atoms with E-state index in [1.807, 2.05) is 0 Å². The van der Waals surface area contributed by atoms with Crippen LogP contribution < -0.4 is 5.73 Å². The van der Waals surface area contributed by atoms with Crippen molar-refractivity contribution in [2.24, 2.45) is 11.7 Å². The highest BCUT2D eigenvalue weighted by Crippen LogP contribution is 2.22. The molecule has 0 saturated carbocycles. The molecule has 2 rings (SSSR count). The fraction of sp³-hybridized carbons (Fsp3) is 0.444. The van der Waals surface area contributed by atoms with Crippen LogP contribution in [0.15, 0.2) is 36.4 Å². The van der Waals surface area contributed by atoms with Gasteiger partial charge in [0.1, 0.15) is 0 Å². The molecule has 0 unspecified atom stereocenters. The number of aryl methyl sites for hydroxylation is 1. The van der Waals surface area contributed by atoms with Crippen LogP contribution in [0.5, 0.6) is 0 Å². The van der Waals surface area contributed by atoms with Crippen molar-refractivity contribution in [1.29, 1.82) is 0 Å². The topological polar surface area (TPSA) is 26.0 Å². The summed E-state index contributed by atoms with van der Waals surface area (Å²) in [4.78, 5) is 0. The molecule has 0 heterocycles. The van der Waals surface area contributed by atoms with E-state index >= 15 is 0 Å².